The van der Waals surface area contributed by atoms with E-state index in [1.807, 2.05) is 19.1 Å². The highest BCUT2D eigenvalue weighted by molar-refractivity contribution is 6.33. The van der Waals surface area contributed by atoms with Crippen molar-refractivity contribution in [1.29, 1.82) is 0 Å². The van der Waals surface area contributed by atoms with Crippen molar-refractivity contribution in [3.8, 4) is 0 Å². The Morgan fingerprint density at radius 3 is 2.84 bits per heavy atom. The molecule has 1 amide bonds. The number of hydrogen-bond donors (Lipinski definition) is 1. The summed E-state index contributed by atoms with van der Waals surface area (Å²) in [5.41, 5.74) is 1.54. The summed E-state index contributed by atoms with van der Waals surface area (Å²) in [7, 11) is 0. The first kappa shape index (κ1) is 14.2. The van der Waals surface area contributed by atoms with Crippen LogP contribution >= 0.6 is 11.6 Å². The lowest BCUT2D eigenvalue weighted by molar-refractivity contribution is 0.146. The minimum Gasteiger partial charge on any atom is -0.448 e. The molecule has 1 aromatic rings. The molecule has 1 aromatic carbocycles. The Kier molecular flexibility index (Phi) is 5.05. The molecule has 0 spiro atoms. The van der Waals surface area contributed by atoms with E-state index in [1.165, 1.54) is 12.8 Å². The number of anilines is 1. The van der Waals surface area contributed by atoms with Crippen LogP contribution in [0.5, 0.6) is 0 Å². The fourth-order valence-electron chi connectivity index (χ4n) is 2.20. The lowest BCUT2D eigenvalue weighted by atomic mass is 10.2. The van der Waals surface area contributed by atoms with Crippen molar-refractivity contribution in [3.05, 3.63) is 28.8 Å². The molecule has 1 saturated heterocycles. The maximum absolute atomic E-state index is 11.7. The Bertz CT molecular complexity index is 425. The molecule has 0 bridgehead atoms. The van der Waals surface area contributed by atoms with Crippen molar-refractivity contribution in [3.63, 3.8) is 0 Å². The Labute approximate surface area is 118 Å². The van der Waals surface area contributed by atoms with Gasteiger partial charge in [-0.25, -0.2) is 4.79 Å². The van der Waals surface area contributed by atoms with Crippen molar-refractivity contribution in [2.75, 3.05) is 31.6 Å². The third kappa shape index (κ3) is 4.11. The average molecular weight is 283 g/mol. The zero-order chi connectivity index (χ0) is 13.7. The number of benzene rings is 1. The highest BCUT2D eigenvalue weighted by atomic mass is 35.5. The molecule has 0 aliphatic carbocycles. The third-order valence-corrected chi connectivity index (χ3v) is 3.60. The standard InChI is InChI=1S/C14H19ClN2O2/c1-11-5-4-6-12(15)13(11)16-14(18)19-10-9-17-7-2-3-8-17/h4-6H,2-3,7-10H2,1H3,(H,16,18). The molecule has 0 unspecified atom stereocenters. The quantitative estimate of drug-likeness (QED) is 0.921. The van der Waals surface area contributed by atoms with Gasteiger partial charge < -0.3 is 4.74 Å². The van der Waals surface area contributed by atoms with Gasteiger partial charge in [0.25, 0.3) is 0 Å². The second-order valence-corrected chi connectivity index (χ2v) is 5.15. The summed E-state index contributed by atoms with van der Waals surface area (Å²) in [5.74, 6) is 0. The van der Waals surface area contributed by atoms with Gasteiger partial charge in [0.05, 0.1) is 10.7 Å². The van der Waals surface area contributed by atoms with Gasteiger partial charge in [0.15, 0.2) is 0 Å². The number of carbonyl (C=O) groups excluding carboxylic acids is 1. The van der Waals surface area contributed by atoms with Crippen LogP contribution in [0.25, 0.3) is 0 Å². The van der Waals surface area contributed by atoms with E-state index in [0.29, 0.717) is 17.3 Å². The summed E-state index contributed by atoms with van der Waals surface area (Å²) in [6, 6.07) is 5.49. The molecule has 104 valence electrons. The molecule has 1 fully saturated rings. The topological polar surface area (TPSA) is 41.6 Å². The Balaban J connectivity index is 1.77. The first-order valence-corrected chi connectivity index (χ1v) is 6.96. The monoisotopic (exact) mass is 282 g/mol. The first-order valence-electron chi connectivity index (χ1n) is 6.58. The van der Waals surface area contributed by atoms with Crippen LogP contribution in [0.2, 0.25) is 5.02 Å². The molecule has 5 heteroatoms. The van der Waals surface area contributed by atoms with Crippen LogP contribution in [-0.2, 0) is 4.74 Å². The van der Waals surface area contributed by atoms with E-state index in [-0.39, 0.29) is 0 Å². The van der Waals surface area contributed by atoms with Crippen LogP contribution in [0.1, 0.15) is 18.4 Å². The summed E-state index contributed by atoms with van der Waals surface area (Å²) in [4.78, 5) is 14.0. The number of nitrogens with zero attached hydrogens (tertiary/aromatic N) is 1. The van der Waals surface area contributed by atoms with Crippen molar-refractivity contribution in [1.82, 2.24) is 4.90 Å². The van der Waals surface area contributed by atoms with E-state index < -0.39 is 6.09 Å². The number of amides is 1. The van der Waals surface area contributed by atoms with E-state index in [0.717, 1.165) is 25.2 Å². The van der Waals surface area contributed by atoms with Crippen molar-refractivity contribution < 1.29 is 9.53 Å². The number of nitrogens with one attached hydrogen (secondary N) is 1. The first-order chi connectivity index (χ1) is 9.16. The number of likely N-dealkylation sites (tertiary alicyclic amines) is 1. The zero-order valence-corrected chi connectivity index (χ0v) is 11.9. The predicted molar refractivity (Wildman–Crippen MR) is 76.8 cm³/mol. The normalized spacial score (nSPS) is 15.5. The maximum Gasteiger partial charge on any atom is 0.411 e. The minimum absolute atomic E-state index is 0.412. The zero-order valence-electron chi connectivity index (χ0n) is 11.1. The van der Waals surface area contributed by atoms with E-state index in [2.05, 4.69) is 10.2 Å². The average Bonchev–Trinajstić information content (AvgIpc) is 2.87. The summed E-state index contributed by atoms with van der Waals surface area (Å²) in [6.07, 6.45) is 2.03. The number of ether oxygens (including phenoxy) is 1. The van der Waals surface area contributed by atoms with Gasteiger partial charge in [-0.2, -0.15) is 0 Å². The second kappa shape index (κ2) is 6.78. The Hall–Kier alpha value is -1.26. The lowest BCUT2D eigenvalue weighted by Crippen LogP contribution is -2.26. The van der Waals surface area contributed by atoms with Crippen LogP contribution in [-0.4, -0.2) is 37.2 Å². The summed E-state index contributed by atoms with van der Waals surface area (Å²) in [6.45, 7) is 5.32. The summed E-state index contributed by atoms with van der Waals surface area (Å²) in [5, 5.41) is 3.22. The van der Waals surface area contributed by atoms with Gasteiger partial charge in [-0.3, -0.25) is 10.2 Å². The summed E-state index contributed by atoms with van der Waals surface area (Å²) < 4.78 is 5.17. The van der Waals surface area contributed by atoms with Gasteiger partial charge in [0, 0.05) is 6.54 Å². The van der Waals surface area contributed by atoms with E-state index in [9.17, 15) is 4.79 Å². The van der Waals surface area contributed by atoms with E-state index in [4.69, 9.17) is 16.3 Å². The molecule has 19 heavy (non-hydrogen) atoms. The molecule has 1 aliphatic rings. The highest BCUT2D eigenvalue weighted by Crippen LogP contribution is 2.25. The minimum atomic E-state index is -0.449. The SMILES string of the molecule is Cc1cccc(Cl)c1NC(=O)OCCN1CCCC1. The molecule has 0 aromatic heterocycles. The fourth-order valence-corrected chi connectivity index (χ4v) is 2.47. The molecule has 0 saturated carbocycles. The Morgan fingerprint density at radius 2 is 2.16 bits per heavy atom. The molecule has 0 radical (unpaired) electrons. The predicted octanol–water partition coefficient (Wildman–Crippen LogP) is 3.29. The molecule has 2 rings (SSSR count). The van der Waals surface area contributed by atoms with Crippen molar-refractivity contribution in [2.45, 2.75) is 19.8 Å². The van der Waals surface area contributed by atoms with Gasteiger partial charge in [-0.15, -0.1) is 0 Å². The number of carbonyl (C=O) groups is 1. The summed E-state index contributed by atoms with van der Waals surface area (Å²) >= 11 is 6.03. The maximum atomic E-state index is 11.7. The molecule has 4 nitrogen and oxygen atoms in total. The van der Waals surface area contributed by atoms with Gasteiger partial charge in [-0.1, -0.05) is 23.7 Å². The second-order valence-electron chi connectivity index (χ2n) is 4.74. The molecule has 1 aliphatic heterocycles. The van der Waals surface area contributed by atoms with Crippen LogP contribution in [0.3, 0.4) is 0 Å². The van der Waals surface area contributed by atoms with Crippen molar-refractivity contribution >= 4 is 23.4 Å². The van der Waals surface area contributed by atoms with Gasteiger partial charge in [-0.05, 0) is 44.5 Å². The third-order valence-electron chi connectivity index (χ3n) is 3.29. The lowest BCUT2D eigenvalue weighted by Gasteiger charge is -2.15. The number of rotatable bonds is 4. The van der Waals surface area contributed by atoms with Crippen LogP contribution < -0.4 is 5.32 Å². The number of halogens is 1. The van der Waals surface area contributed by atoms with Crippen LogP contribution in [0.4, 0.5) is 10.5 Å². The van der Waals surface area contributed by atoms with Crippen molar-refractivity contribution in [2.24, 2.45) is 0 Å². The van der Waals surface area contributed by atoms with E-state index >= 15 is 0 Å². The van der Waals surface area contributed by atoms with Gasteiger partial charge >= 0.3 is 6.09 Å². The molecular weight excluding hydrogens is 264 g/mol. The molecule has 0 atom stereocenters. The Morgan fingerprint density at radius 1 is 1.42 bits per heavy atom. The fraction of sp³-hybridized carbons (Fsp3) is 0.500. The number of hydrogen-bond acceptors (Lipinski definition) is 3. The molecule has 1 N–H and O–H groups in total. The highest BCUT2D eigenvalue weighted by Gasteiger charge is 2.13. The largest absolute Gasteiger partial charge is 0.448 e. The van der Waals surface area contributed by atoms with Gasteiger partial charge in [0.2, 0.25) is 0 Å². The number of para-hydroxylation sites is 1. The number of aryl methyl sites for hydroxylation is 1. The van der Waals surface area contributed by atoms with Crippen LogP contribution in [0, 0.1) is 6.92 Å². The smallest absolute Gasteiger partial charge is 0.411 e. The van der Waals surface area contributed by atoms with Gasteiger partial charge in [0.1, 0.15) is 6.61 Å². The van der Waals surface area contributed by atoms with E-state index in [1.54, 1.807) is 6.07 Å². The molecule has 1 heterocycles. The van der Waals surface area contributed by atoms with Crippen LogP contribution in [0.15, 0.2) is 18.2 Å². The molecular formula is C14H19ClN2O2.